The Balaban J connectivity index is 1.35. The second-order valence-corrected chi connectivity index (χ2v) is 10.9. The fourth-order valence-corrected chi connectivity index (χ4v) is 5.85. The number of para-hydroxylation sites is 1. The molecule has 0 aliphatic carbocycles. The third-order valence-corrected chi connectivity index (χ3v) is 7.87. The SMILES string of the molecule is CCCc1ccc(-c2cc(C(=O)N/N=C/c3ccc(OC)c(CN4CCSCC4)c3)c3ccccc3n2)cc1. The number of benzene rings is 3. The van der Waals surface area contributed by atoms with E-state index >= 15 is 0 Å². The van der Waals surface area contributed by atoms with Crippen LogP contribution in [0.15, 0.2) is 77.9 Å². The number of hydrogen-bond acceptors (Lipinski definition) is 6. The molecule has 1 amide bonds. The van der Waals surface area contributed by atoms with Crippen LogP contribution >= 0.6 is 11.8 Å². The summed E-state index contributed by atoms with van der Waals surface area (Å²) in [5.74, 6) is 2.91. The van der Waals surface area contributed by atoms with E-state index in [9.17, 15) is 4.79 Å². The van der Waals surface area contributed by atoms with E-state index in [1.165, 1.54) is 5.56 Å². The second kappa shape index (κ2) is 12.9. The van der Waals surface area contributed by atoms with E-state index in [0.717, 1.165) is 83.0 Å². The lowest BCUT2D eigenvalue weighted by Crippen LogP contribution is -2.32. The number of carbonyl (C=O) groups excluding carboxylic acids is 1. The molecule has 7 heteroatoms. The molecule has 0 radical (unpaired) electrons. The summed E-state index contributed by atoms with van der Waals surface area (Å²) >= 11 is 2.00. The van der Waals surface area contributed by atoms with Gasteiger partial charge in [0.2, 0.25) is 0 Å². The molecule has 0 atom stereocenters. The largest absolute Gasteiger partial charge is 0.496 e. The van der Waals surface area contributed by atoms with Gasteiger partial charge in [0.25, 0.3) is 5.91 Å². The third-order valence-electron chi connectivity index (χ3n) is 6.93. The summed E-state index contributed by atoms with van der Waals surface area (Å²) in [7, 11) is 1.70. The average molecular weight is 539 g/mol. The summed E-state index contributed by atoms with van der Waals surface area (Å²) in [5.41, 5.74) is 9.13. The number of ether oxygens (including phenoxy) is 1. The highest BCUT2D eigenvalue weighted by atomic mass is 32.2. The number of nitrogens with one attached hydrogen (secondary N) is 1. The molecule has 6 nitrogen and oxygen atoms in total. The predicted molar refractivity (Wildman–Crippen MR) is 162 cm³/mol. The Morgan fingerprint density at radius 2 is 1.87 bits per heavy atom. The molecule has 200 valence electrons. The van der Waals surface area contributed by atoms with Gasteiger partial charge in [-0.05, 0) is 47.9 Å². The van der Waals surface area contributed by atoms with Gasteiger partial charge in [-0.25, -0.2) is 10.4 Å². The number of hydrazone groups is 1. The first-order valence-corrected chi connectivity index (χ1v) is 14.6. The lowest BCUT2D eigenvalue weighted by atomic mass is 10.0. The first-order chi connectivity index (χ1) is 19.1. The highest BCUT2D eigenvalue weighted by Crippen LogP contribution is 2.26. The molecule has 1 aliphatic heterocycles. The van der Waals surface area contributed by atoms with Crippen molar-refractivity contribution in [3.8, 4) is 17.0 Å². The molecule has 5 rings (SSSR count). The summed E-state index contributed by atoms with van der Waals surface area (Å²) in [6.07, 6.45) is 3.84. The number of carbonyl (C=O) groups is 1. The van der Waals surface area contributed by atoms with Crippen LogP contribution in [0.4, 0.5) is 0 Å². The summed E-state index contributed by atoms with van der Waals surface area (Å²) in [4.78, 5) is 20.6. The zero-order chi connectivity index (χ0) is 27.0. The minimum Gasteiger partial charge on any atom is -0.496 e. The molecule has 39 heavy (non-hydrogen) atoms. The maximum Gasteiger partial charge on any atom is 0.272 e. The Morgan fingerprint density at radius 3 is 2.64 bits per heavy atom. The monoisotopic (exact) mass is 538 g/mol. The van der Waals surface area contributed by atoms with Crippen LogP contribution in [0, 0.1) is 0 Å². The summed E-state index contributed by atoms with van der Waals surface area (Å²) in [6, 6.07) is 24.0. The van der Waals surface area contributed by atoms with Crippen molar-refractivity contribution in [3.63, 3.8) is 0 Å². The van der Waals surface area contributed by atoms with Gasteiger partial charge in [0.1, 0.15) is 5.75 Å². The summed E-state index contributed by atoms with van der Waals surface area (Å²) in [5, 5.41) is 5.09. The molecule has 1 aliphatic rings. The molecule has 1 saturated heterocycles. The van der Waals surface area contributed by atoms with Crippen molar-refractivity contribution in [2.24, 2.45) is 5.10 Å². The Labute approximate surface area is 234 Å². The first kappa shape index (κ1) is 26.9. The van der Waals surface area contributed by atoms with Crippen molar-refractivity contribution in [2.45, 2.75) is 26.3 Å². The molecule has 0 unspecified atom stereocenters. The van der Waals surface area contributed by atoms with Gasteiger partial charge >= 0.3 is 0 Å². The number of hydrogen-bond donors (Lipinski definition) is 1. The van der Waals surface area contributed by atoms with Crippen LogP contribution < -0.4 is 10.2 Å². The highest BCUT2D eigenvalue weighted by Gasteiger charge is 2.15. The first-order valence-electron chi connectivity index (χ1n) is 13.4. The van der Waals surface area contributed by atoms with E-state index in [1.807, 2.05) is 54.2 Å². The Bertz CT molecular complexity index is 1460. The minimum atomic E-state index is -0.270. The number of nitrogens with zero attached hydrogens (tertiary/aromatic N) is 3. The van der Waals surface area contributed by atoms with Gasteiger partial charge in [-0.1, -0.05) is 55.8 Å². The molecule has 1 fully saturated rings. The number of methoxy groups -OCH3 is 1. The highest BCUT2D eigenvalue weighted by molar-refractivity contribution is 7.99. The lowest BCUT2D eigenvalue weighted by molar-refractivity contribution is 0.0956. The van der Waals surface area contributed by atoms with Crippen molar-refractivity contribution in [1.29, 1.82) is 0 Å². The molecular formula is C32H34N4O2S. The smallest absolute Gasteiger partial charge is 0.272 e. The summed E-state index contributed by atoms with van der Waals surface area (Å²) < 4.78 is 5.60. The fourth-order valence-electron chi connectivity index (χ4n) is 4.87. The van der Waals surface area contributed by atoms with Gasteiger partial charge < -0.3 is 4.74 Å². The van der Waals surface area contributed by atoms with E-state index in [1.54, 1.807) is 13.3 Å². The minimum absolute atomic E-state index is 0.270. The van der Waals surface area contributed by atoms with Crippen molar-refractivity contribution in [3.05, 3.63) is 95.1 Å². The average Bonchev–Trinajstić information content (AvgIpc) is 2.98. The van der Waals surface area contributed by atoms with Crippen LogP contribution in [0.2, 0.25) is 0 Å². The van der Waals surface area contributed by atoms with Gasteiger partial charge in [-0.3, -0.25) is 9.69 Å². The number of fused-ring (bicyclic) bond motifs is 1. The van der Waals surface area contributed by atoms with Crippen molar-refractivity contribution in [1.82, 2.24) is 15.3 Å². The van der Waals surface area contributed by atoms with Gasteiger partial charge in [0.05, 0.1) is 30.1 Å². The molecule has 1 aromatic heterocycles. The van der Waals surface area contributed by atoms with Crippen LogP contribution in [0.5, 0.6) is 5.75 Å². The Hall–Kier alpha value is -3.68. The van der Waals surface area contributed by atoms with E-state index < -0.39 is 0 Å². The van der Waals surface area contributed by atoms with Crippen molar-refractivity contribution in [2.75, 3.05) is 31.7 Å². The van der Waals surface area contributed by atoms with Gasteiger partial charge in [-0.15, -0.1) is 0 Å². The standard InChI is InChI=1S/C32H34N4O2S/c1-3-6-23-9-12-25(13-10-23)30-20-28(27-7-4-5-8-29(27)34-30)32(37)35-33-21-24-11-14-31(38-2)26(19-24)22-36-15-17-39-18-16-36/h4-5,7-14,19-21H,3,6,15-18,22H2,1-2H3,(H,35,37)/b33-21+. The van der Waals surface area contributed by atoms with Gasteiger partial charge in [-0.2, -0.15) is 16.9 Å². The molecule has 2 heterocycles. The second-order valence-electron chi connectivity index (χ2n) is 9.68. The van der Waals surface area contributed by atoms with Crippen LogP contribution in [0.1, 0.15) is 40.4 Å². The zero-order valence-electron chi connectivity index (χ0n) is 22.5. The van der Waals surface area contributed by atoms with Crippen LogP contribution in [0.3, 0.4) is 0 Å². The third kappa shape index (κ3) is 6.67. The zero-order valence-corrected chi connectivity index (χ0v) is 23.3. The number of pyridine rings is 1. The molecule has 0 bridgehead atoms. The maximum absolute atomic E-state index is 13.3. The normalized spacial score (nSPS) is 14.1. The lowest BCUT2D eigenvalue weighted by Gasteiger charge is -2.26. The molecule has 1 N–H and O–H groups in total. The predicted octanol–water partition coefficient (Wildman–Crippen LogP) is 6.18. The number of aryl methyl sites for hydroxylation is 1. The molecule has 0 saturated carbocycles. The Morgan fingerprint density at radius 1 is 1.08 bits per heavy atom. The summed E-state index contributed by atoms with van der Waals surface area (Å²) in [6.45, 7) is 5.16. The van der Waals surface area contributed by atoms with Crippen LogP contribution in [0.25, 0.3) is 22.2 Å². The quantitative estimate of drug-likeness (QED) is 0.204. The van der Waals surface area contributed by atoms with Gasteiger partial charge in [0, 0.05) is 47.7 Å². The Kier molecular flexibility index (Phi) is 8.91. The van der Waals surface area contributed by atoms with Crippen molar-refractivity contribution < 1.29 is 9.53 Å². The molecule has 4 aromatic rings. The van der Waals surface area contributed by atoms with E-state index in [2.05, 4.69) is 52.7 Å². The molecule has 0 spiro atoms. The van der Waals surface area contributed by atoms with Crippen molar-refractivity contribution >= 4 is 34.8 Å². The maximum atomic E-state index is 13.3. The fraction of sp³-hybridized carbons (Fsp3) is 0.281. The molecular weight excluding hydrogens is 504 g/mol. The number of aromatic nitrogens is 1. The topological polar surface area (TPSA) is 66.8 Å². The number of rotatable bonds is 9. The van der Waals surface area contributed by atoms with E-state index in [4.69, 9.17) is 9.72 Å². The van der Waals surface area contributed by atoms with E-state index in [-0.39, 0.29) is 5.91 Å². The van der Waals surface area contributed by atoms with Crippen LogP contribution in [-0.4, -0.2) is 53.7 Å². The van der Waals surface area contributed by atoms with Gasteiger partial charge in [0.15, 0.2) is 0 Å². The van der Waals surface area contributed by atoms with E-state index in [0.29, 0.717) is 5.56 Å². The number of amides is 1. The van der Waals surface area contributed by atoms with Crippen LogP contribution in [-0.2, 0) is 13.0 Å². The number of thioether (sulfide) groups is 1. The molecule has 3 aromatic carbocycles.